The van der Waals surface area contributed by atoms with Crippen molar-refractivity contribution in [2.75, 3.05) is 33.4 Å². The van der Waals surface area contributed by atoms with Crippen LogP contribution in [0.15, 0.2) is 24.3 Å². The first kappa shape index (κ1) is 14.8. The highest BCUT2D eigenvalue weighted by Crippen LogP contribution is 2.34. The Hall–Kier alpha value is -1.10. The van der Waals surface area contributed by atoms with E-state index in [2.05, 4.69) is 11.0 Å². The molecule has 2 saturated heterocycles. The summed E-state index contributed by atoms with van der Waals surface area (Å²) in [4.78, 5) is 16.5. The highest BCUT2D eigenvalue weighted by Gasteiger charge is 2.46. The van der Waals surface area contributed by atoms with Crippen LogP contribution < -0.4 is 0 Å². The molecule has 4 nitrogen and oxygen atoms in total. The SMILES string of the molecule is COCCC(=O)N1C[C@@H]2CN(Cc3cccc(Cl)c3)[C@H]2C1. The average Bonchev–Trinajstić information content (AvgIpc) is 2.80. The molecule has 0 bridgehead atoms. The van der Waals surface area contributed by atoms with E-state index in [1.54, 1.807) is 7.11 Å². The number of halogens is 1. The Labute approximate surface area is 130 Å². The maximum absolute atomic E-state index is 12.0. The maximum atomic E-state index is 12.0. The van der Waals surface area contributed by atoms with Crippen LogP contribution in [0.5, 0.6) is 0 Å². The molecule has 2 aliphatic heterocycles. The Morgan fingerprint density at radius 1 is 1.38 bits per heavy atom. The number of carbonyl (C=O) groups is 1. The summed E-state index contributed by atoms with van der Waals surface area (Å²) in [6, 6.07) is 8.52. The van der Waals surface area contributed by atoms with Gasteiger partial charge in [-0.25, -0.2) is 0 Å². The molecule has 1 aromatic carbocycles. The first-order valence-corrected chi connectivity index (χ1v) is 7.80. The van der Waals surface area contributed by atoms with Crippen LogP contribution in [0.25, 0.3) is 0 Å². The molecule has 2 fully saturated rings. The second-order valence-electron chi connectivity index (χ2n) is 5.93. The molecule has 0 radical (unpaired) electrons. The van der Waals surface area contributed by atoms with Crippen LogP contribution in [-0.4, -0.2) is 55.1 Å². The van der Waals surface area contributed by atoms with E-state index in [0.717, 1.165) is 31.2 Å². The second kappa shape index (κ2) is 6.34. The fraction of sp³-hybridized carbons (Fsp3) is 0.562. The molecule has 0 unspecified atom stereocenters. The van der Waals surface area contributed by atoms with E-state index in [9.17, 15) is 4.79 Å². The van der Waals surface area contributed by atoms with E-state index in [1.165, 1.54) is 5.56 Å². The highest BCUT2D eigenvalue weighted by molar-refractivity contribution is 6.30. The minimum atomic E-state index is 0.217. The lowest BCUT2D eigenvalue weighted by Crippen LogP contribution is -2.54. The smallest absolute Gasteiger partial charge is 0.224 e. The fourth-order valence-corrected chi connectivity index (χ4v) is 3.56. The number of methoxy groups -OCH3 is 1. The molecule has 2 heterocycles. The normalized spacial score (nSPS) is 24.8. The largest absolute Gasteiger partial charge is 0.384 e. The van der Waals surface area contributed by atoms with E-state index in [1.807, 2.05) is 23.1 Å². The molecule has 1 amide bonds. The van der Waals surface area contributed by atoms with Gasteiger partial charge in [-0.3, -0.25) is 9.69 Å². The monoisotopic (exact) mass is 308 g/mol. The van der Waals surface area contributed by atoms with Gasteiger partial charge in [0.1, 0.15) is 0 Å². The lowest BCUT2D eigenvalue weighted by atomic mass is 9.91. The molecule has 0 saturated carbocycles. The second-order valence-corrected chi connectivity index (χ2v) is 6.36. The first-order valence-electron chi connectivity index (χ1n) is 7.42. The van der Waals surface area contributed by atoms with Gasteiger partial charge in [-0.1, -0.05) is 23.7 Å². The van der Waals surface area contributed by atoms with Crippen molar-refractivity contribution in [1.29, 1.82) is 0 Å². The molecule has 0 aromatic heterocycles. The summed E-state index contributed by atoms with van der Waals surface area (Å²) in [5.74, 6) is 0.852. The van der Waals surface area contributed by atoms with Gasteiger partial charge >= 0.3 is 0 Å². The van der Waals surface area contributed by atoms with Crippen molar-refractivity contribution >= 4 is 17.5 Å². The van der Waals surface area contributed by atoms with Crippen LogP contribution in [-0.2, 0) is 16.1 Å². The Kier molecular flexibility index (Phi) is 4.48. The lowest BCUT2D eigenvalue weighted by Gasteiger charge is -2.43. The van der Waals surface area contributed by atoms with Crippen LogP contribution in [0.1, 0.15) is 12.0 Å². The van der Waals surface area contributed by atoms with Gasteiger partial charge in [-0.05, 0) is 17.7 Å². The molecule has 2 aliphatic rings. The summed E-state index contributed by atoms with van der Waals surface area (Å²) in [5.41, 5.74) is 1.24. The fourth-order valence-electron chi connectivity index (χ4n) is 3.35. The van der Waals surface area contributed by atoms with Crippen molar-refractivity contribution in [2.24, 2.45) is 5.92 Å². The molecule has 3 rings (SSSR count). The number of hydrogen-bond acceptors (Lipinski definition) is 3. The zero-order valence-electron chi connectivity index (χ0n) is 12.3. The van der Waals surface area contributed by atoms with E-state index in [-0.39, 0.29) is 5.91 Å². The van der Waals surface area contributed by atoms with Gasteiger partial charge in [0.15, 0.2) is 0 Å². The predicted molar refractivity (Wildman–Crippen MR) is 82.2 cm³/mol. The van der Waals surface area contributed by atoms with Gasteiger partial charge in [0.2, 0.25) is 5.91 Å². The number of amides is 1. The molecule has 21 heavy (non-hydrogen) atoms. The van der Waals surface area contributed by atoms with Crippen molar-refractivity contribution in [3.05, 3.63) is 34.9 Å². The van der Waals surface area contributed by atoms with Gasteiger partial charge in [0.25, 0.3) is 0 Å². The summed E-state index contributed by atoms with van der Waals surface area (Å²) in [6.45, 7) is 4.26. The van der Waals surface area contributed by atoms with Gasteiger partial charge in [0, 0.05) is 50.3 Å². The van der Waals surface area contributed by atoms with E-state index >= 15 is 0 Å². The molecule has 0 spiro atoms. The maximum Gasteiger partial charge on any atom is 0.224 e. The van der Waals surface area contributed by atoms with Crippen molar-refractivity contribution in [3.8, 4) is 0 Å². The zero-order valence-corrected chi connectivity index (χ0v) is 13.1. The zero-order chi connectivity index (χ0) is 14.8. The number of nitrogens with zero attached hydrogens (tertiary/aromatic N) is 2. The lowest BCUT2D eigenvalue weighted by molar-refractivity contribution is -0.131. The van der Waals surface area contributed by atoms with Crippen LogP contribution in [0.2, 0.25) is 5.02 Å². The van der Waals surface area contributed by atoms with Crippen LogP contribution in [0.4, 0.5) is 0 Å². The Morgan fingerprint density at radius 3 is 3.00 bits per heavy atom. The molecule has 0 aliphatic carbocycles. The quantitative estimate of drug-likeness (QED) is 0.834. The van der Waals surface area contributed by atoms with E-state index in [4.69, 9.17) is 16.3 Å². The molecular weight excluding hydrogens is 288 g/mol. The molecule has 114 valence electrons. The standard InChI is InChI=1S/C16H21ClN2O2/c1-21-6-5-16(20)19-10-13-9-18(15(13)11-19)8-12-3-2-4-14(17)7-12/h2-4,7,13,15H,5-6,8-11H2,1H3/t13-,15-/m0/s1. The third kappa shape index (κ3) is 3.23. The molecule has 2 atom stereocenters. The summed E-state index contributed by atoms with van der Waals surface area (Å²) in [7, 11) is 1.63. The predicted octanol–water partition coefficient (Wildman–Crippen LogP) is 2.02. The van der Waals surface area contributed by atoms with Gasteiger partial charge in [-0.2, -0.15) is 0 Å². The summed E-state index contributed by atoms with van der Waals surface area (Å²) in [6.07, 6.45) is 0.490. The Morgan fingerprint density at radius 2 is 2.24 bits per heavy atom. The summed E-state index contributed by atoms with van der Waals surface area (Å²) < 4.78 is 4.98. The van der Waals surface area contributed by atoms with E-state index < -0.39 is 0 Å². The van der Waals surface area contributed by atoms with Gasteiger partial charge in [0.05, 0.1) is 13.0 Å². The summed E-state index contributed by atoms with van der Waals surface area (Å²) in [5, 5.41) is 0.785. The number of benzene rings is 1. The first-order chi connectivity index (χ1) is 10.2. The van der Waals surface area contributed by atoms with Crippen LogP contribution >= 0.6 is 11.6 Å². The average molecular weight is 309 g/mol. The van der Waals surface area contributed by atoms with Gasteiger partial charge in [-0.15, -0.1) is 0 Å². The van der Waals surface area contributed by atoms with Crippen molar-refractivity contribution in [3.63, 3.8) is 0 Å². The molecule has 1 aromatic rings. The number of likely N-dealkylation sites (tertiary alicyclic amines) is 2. The van der Waals surface area contributed by atoms with Crippen LogP contribution in [0, 0.1) is 5.92 Å². The topological polar surface area (TPSA) is 32.8 Å². The minimum absolute atomic E-state index is 0.217. The summed E-state index contributed by atoms with van der Waals surface area (Å²) >= 11 is 6.03. The number of fused-ring (bicyclic) bond motifs is 1. The van der Waals surface area contributed by atoms with E-state index in [0.29, 0.717) is 25.0 Å². The minimum Gasteiger partial charge on any atom is -0.384 e. The molecular formula is C16H21ClN2O2. The molecule has 5 heteroatoms. The number of hydrogen-bond donors (Lipinski definition) is 0. The van der Waals surface area contributed by atoms with Crippen molar-refractivity contribution in [2.45, 2.75) is 19.0 Å². The van der Waals surface area contributed by atoms with Crippen molar-refractivity contribution < 1.29 is 9.53 Å². The van der Waals surface area contributed by atoms with Crippen molar-refractivity contribution in [1.82, 2.24) is 9.80 Å². The van der Waals surface area contributed by atoms with Crippen LogP contribution in [0.3, 0.4) is 0 Å². The third-order valence-electron chi connectivity index (χ3n) is 4.49. The Balaban J connectivity index is 1.53. The highest BCUT2D eigenvalue weighted by atomic mass is 35.5. The number of ether oxygens (including phenoxy) is 1. The number of carbonyl (C=O) groups excluding carboxylic acids is 1. The Bertz CT molecular complexity index is 523. The third-order valence-corrected chi connectivity index (χ3v) is 4.73. The number of rotatable bonds is 5. The van der Waals surface area contributed by atoms with Gasteiger partial charge < -0.3 is 9.64 Å². The molecule has 0 N–H and O–H groups in total.